The van der Waals surface area contributed by atoms with Crippen LogP contribution in [0.1, 0.15) is 58.4 Å². The molecule has 2 aliphatic heterocycles. The van der Waals surface area contributed by atoms with Crippen molar-refractivity contribution < 1.29 is 23.8 Å². The first kappa shape index (κ1) is 19.0. The molecule has 2 saturated heterocycles. The van der Waals surface area contributed by atoms with Crippen molar-refractivity contribution in [2.75, 3.05) is 7.11 Å². The van der Waals surface area contributed by atoms with Crippen LogP contribution in [-0.2, 0) is 10.3 Å². The zero-order valence-electron chi connectivity index (χ0n) is 15.9. The van der Waals surface area contributed by atoms with Gasteiger partial charge in [-0.2, -0.15) is 0 Å². The Morgan fingerprint density at radius 3 is 2.42 bits per heavy atom. The number of halogens is 1. The molecular weight excluding hydrogens is 337 g/mol. The lowest BCUT2D eigenvalue weighted by atomic mass is 9.72. The van der Waals surface area contributed by atoms with Crippen LogP contribution in [-0.4, -0.2) is 40.9 Å². The second-order valence-corrected chi connectivity index (χ2v) is 8.41. The highest BCUT2D eigenvalue weighted by Crippen LogP contribution is 2.47. The molecule has 1 amide bonds. The molecule has 0 radical (unpaired) electrons. The Labute approximate surface area is 154 Å². The number of fused-ring (bicyclic) bond motifs is 2. The Morgan fingerprint density at radius 2 is 1.88 bits per heavy atom. The van der Waals surface area contributed by atoms with Crippen LogP contribution in [0.2, 0.25) is 0 Å². The van der Waals surface area contributed by atoms with E-state index < -0.39 is 17.0 Å². The molecule has 2 unspecified atom stereocenters. The Morgan fingerprint density at radius 1 is 1.27 bits per heavy atom. The van der Waals surface area contributed by atoms with Gasteiger partial charge in [0.05, 0.1) is 12.7 Å². The van der Waals surface area contributed by atoms with Crippen LogP contribution in [0.3, 0.4) is 0 Å². The summed E-state index contributed by atoms with van der Waals surface area (Å²) in [6.45, 7) is 5.55. The zero-order valence-corrected chi connectivity index (χ0v) is 15.9. The number of ether oxygens (including phenoxy) is 2. The third-order valence-electron chi connectivity index (χ3n) is 5.28. The van der Waals surface area contributed by atoms with Crippen LogP contribution < -0.4 is 4.74 Å². The average molecular weight is 365 g/mol. The van der Waals surface area contributed by atoms with Crippen molar-refractivity contribution in [1.29, 1.82) is 0 Å². The second-order valence-electron chi connectivity index (χ2n) is 8.41. The number of methoxy groups -OCH3 is 1. The molecule has 0 saturated carbocycles. The number of carbonyl (C=O) groups is 1. The van der Waals surface area contributed by atoms with Gasteiger partial charge in [-0.15, -0.1) is 0 Å². The first-order valence-corrected chi connectivity index (χ1v) is 9.21. The summed E-state index contributed by atoms with van der Waals surface area (Å²) in [4.78, 5) is 14.5. The van der Waals surface area contributed by atoms with Gasteiger partial charge in [0.1, 0.15) is 17.2 Å². The van der Waals surface area contributed by atoms with Crippen LogP contribution >= 0.6 is 0 Å². The first-order valence-electron chi connectivity index (χ1n) is 9.21. The van der Waals surface area contributed by atoms with Gasteiger partial charge in [-0.3, -0.25) is 0 Å². The van der Waals surface area contributed by atoms with Gasteiger partial charge in [-0.25, -0.2) is 9.18 Å². The van der Waals surface area contributed by atoms with E-state index in [1.54, 1.807) is 11.0 Å². The Bertz CT molecular complexity index is 671. The summed E-state index contributed by atoms with van der Waals surface area (Å²) in [6.07, 6.45) is 3.13. The molecule has 2 aliphatic rings. The van der Waals surface area contributed by atoms with Gasteiger partial charge in [0.15, 0.2) is 0 Å². The number of hydrogen-bond donors (Lipinski definition) is 1. The lowest BCUT2D eigenvalue weighted by molar-refractivity contribution is -0.0972. The average Bonchev–Trinajstić information content (AvgIpc) is 2.51. The van der Waals surface area contributed by atoms with E-state index in [4.69, 9.17) is 9.47 Å². The summed E-state index contributed by atoms with van der Waals surface area (Å²) in [7, 11) is 1.47. The van der Waals surface area contributed by atoms with Gasteiger partial charge in [0.2, 0.25) is 0 Å². The summed E-state index contributed by atoms with van der Waals surface area (Å²) in [5.41, 5.74) is -1.12. The third-order valence-corrected chi connectivity index (χ3v) is 5.28. The number of carbonyl (C=O) groups excluding carboxylic acids is 1. The van der Waals surface area contributed by atoms with E-state index in [2.05, 4.69) is 0 Å². The number of piperidine rings is 2. The molecule has 0 spiro atoms. The monoisotopic (exact) mass is 365 g/mol. The molecule has 0 aliphatic carbocycles. The lowest BCUT2D eigenvalue weighted by Crippen LogP contribution is -2.59. The standard InChI is InChI=1S/C20H28FNO4/c1-19(2,3)26-18(23)22-14-6-5-7-15(22)12-20(24,11-14)16-9-8-13(21)10-17(16)25-4/h8-10,14-15,24H,5-7,11-12H2,1-4H3. The molecule has 2 atom stereocenters. The predicted octanol–water partition coefficient (Wildman–Crippen LogP) is 3.97. The van der Waals surface area contributed by atoms with Crippen molar-refractivity contribution in [3.8, 4) is 5.75 Å². The van der Waals surface area contributed by atoms with E-state index in [1.807, 2.05) is 20.8 Å². The Hall–Kier alpha value is -1.82. The number of amides is 1. The second kappa shape index (κ2) is 6.72. The minimum atomic E-state index is -1.15. The summed E-state index contributed by atoms with van der Waals surface area (Å²) < 4.78 is 24.4. The maximum absolute atomic E-state index is 13.6. The van der Waals surface area contributed by atoms with E-state index in [1.165, 1.54) is 19.2 Å². The van der Waals surface area contributed by atoms with Crippen molar-refractivity contribution >= 4 is 6.09 Å². The molecule has 1 aromatic carbocycles. The van der Waals surface area contributed by atoms with Crippen LogP contribution in [0.4, 0.5) is 9.18 Å². The maximum atomic E-state index is 13.6. The highest BCUT2D eigenvalue weighted by Gasteiger charge is 2.50. The smallest absolute Gasteiger partial charge is 0.410 e. The molecule has 2 heterocycles. The molecule has 3 rings (SSSR count). The molecule has 5 nitrogen and oxygen atoms in total. The molecule has 26 heavy (non-hydrogen) atoms. The molecule has 144 valence electrons. The van der Waals surface area contributed by atoms with Crippen molar-refractivity contribution in [3.05, 3.63) is 29.6 Å². The summed E-state index contributed by atoms with van der Waals surface area (Å²) >= 11 is 0. The fourth-order valence-corrected chi connectivity index (χ4v) is 4.31. The van der Waals surface area contributed by atoms with E-state index in [0.29, 0.717) is 24.2 Å². The zero-order chi connectivity index (χ0) is 19.1. The molecular formula is C20H28FNO4. The van der Waals surface area contributed by atoms with Crippen molar-refractivity contribution in [3.63, 3.8) is 0 Å². The van der Waals surface area contributed by atoms with E-state index in [0.717, 1.165) is 19.3 Å². The molecule has 1 aromatic rings. The van der Waals surface area contributed by atoms with E-state index >= 15 is 0 Å². The van der Waals surface area contributed by atoms with Crippen LogP contribution in [0, 0.1) is 5.82 Å². The van der Waals surface area contributed by atoms with Gasteiger partial charge in [-0.1, -0.05) is 0 Å². The first-order chi connectivity index (χ1) is 12.1. The molecule has 0 aromatic heterocycles. The number of benzene rings is 1. The Balaban J connectivity index is 1.89. The largest absolute Gasteiger partial charge is 0.496 e. The number of rotatable bonds is 2. The van der Waals surface area contributed by atoms with Gasteiger partial charge < -0.3 is 19.5 Å². The quantitative estimate of drug-likeness (QED) is 0.861. The highest BCUT2D eigenvalue weighted by molar-refractivity contribution is 5.69. The maximum Gasteiger partial charge on any atom is 0.410 e. The summed E-state index contributed by atoms with van der Waals surface area (Å²) in [6, 6.07) is 4.02. The number of aliphatic hydroxyl groups is 1. The van der Waals surface area contributed by atoms with Gasteiger partial charge in [0, 0.05) is 36.6 Å². The minimum absolute atomic E-state index is 0.0999. The highest BCUT2D eigenvalue weighted by atomic mass is 19.1. The fourth-order valence-electron chi connectivity index (χ4n) is 4.31. The van der Waals surface area contributed by atoms with E-state index in [9.17, 15) is 14.3 Å². The minimum Gasteiger partial charge on any atom is -0.496 e. The molecule has 2 fully saturated rings. The molecule has 2 bridgehead atoms. The predicted molar refractivity (Wildman–Crippen MR) is 95.6 cm³/mol. The normalized spacial score (nSPS) is 28.6. The summed E-state index contributed by atoms with van der Waals surface area (Å²) in [5.74, 6) is -0.0584. The topological polar surface area (TPSA) is 59.0 Å². The fraction of sp³-hybridized carbons (Fsp3) is 0.650. The van der Waals surface area contributed by atoms with Crippen LogP contribution in [0.25, 0.3) is 0 Å². The van der Waals surface area contributed by atoms with Gasteiger partial charge >= 0.3 is 6.09 Å². The lowest BCUT2D eigenvalue weighted by Gasteiger charge is -2.52. The third kappa shape index (κ3) is 3.65. The van der Waals surface area contributed by atoms with Crippen molar-refractivity contribution in [2.45, 2.75) is 76.2 Å². The van der Waals surface area contributed by atoms with Gasteiger partial charge in [-0.05, 0) is 52.2 Å². The van der Waals surface area contributed by atoms with Crippen molar-refractivity contribution in [2.24, 2.45) is 0 Å². The SMILES string of the molecule is COc1cc(F)ccc1C1(O)CC2CCCC(C1)N2C(=O)OC(C)(C)C. The molecule has 1 N–H and O–H groups in total. The van der Waals surface area contributed by atoms with E-state index in [-0.39, 0.29) is 18.2 Å². The van der Waals surface area contributed by atoms with Gasteiger partial charge in [0.25, 0.3) is 0 Å². The number of nitrogens with zero attached hydrogens (tertiary/aromatic N) is 1. The number of hydrogen-bond acceptors (Lipinski definition) is 4. The summed E-state index contributed by atoms with van der Waals surface area (Å²) in [5, 5.41) is 11.4. The van der Waals surface area contributed by atoms with Crippen molar-refractivity contribution in [1.82, 2.24) is 4.90 Å². The Kier molecular flexibility index (Phi) is 4.90. The van der Waals surface area contributed by atoms with Crippen LogP contribution in [0.15, 0.2) is 18.2 Å². The molecule has 6 heteroatoms. The van der Waals surface area contributed by atoms with Crippen LogP contribution in [0.5, 0.6) is 5.75 Å².